The summed E-state index contributed by atoms with van der Waals surface area (Å²) in [6, 6.07) is 9.52. The van der Waals surface area contributed by atoms with E-state index in [4.69, 9.17) is 10.00 Å². The molecule has 2 saturated heterocycles. The summed E-state index contributed by atoms with van der Waals surface area (Å²) in [5.41, 5.74) is 1.05. The van der Waals surface area contributed by atoms with Crippen molar-refractivity contribution in [3.63, 3.8) is 0 Å². The van der Waals surface area contributed by atoms with Gasteiger partial charge >= 0.3 is 0 Å². The molecular weight excluding hydrogens is 318 g/mol. The minimum atomic E-state index is -0.297. The Kier molecular flexibility index (Phi) is 4.81. The van der Waals surface area contributed by atoms with Crippen molar-refractivity contribution in [2.45, 2.75) is 17.5 Å². The number of hydrogen-bond donors (Lipinski definition) is 1. The Hall–Kier alpha value is -1.36. The first kappa shape index (κ1) is 15.5. The number of nitriles is 1. The fraction of sp³-hybridized carbons (Fsp3) is 0.467. The molecule has 22 heavy (non-hydrogen) atoms. The number of hydrogen-bond acceptors (Lipinski definition) is 6. The van der Waals surface area contributed by atoms with E-state index >= 15 is 0 Å². The molecule has 2 aliphatic rings. The van der Waals surface area contributed by atoms with Crippen molar-refractivity contribution >= 4 is 29.4 Å². The van der Waals surface area contributed by atoms with Crippen molar-refractivity contribution in [2.24, 2.45) is 0 Å². The van der Waals surface area contributed by atoms with Gasteiger partial charge in [-0.3, -0.25) is 10.1 Å². The number of thioether (sulfide) groups is 2. The number of amides is 1. The van der Waals surface area contributed by atoms with Crippen LogP contribution in [0.3, 0.4) is 0 Å². The Morgan fingerprint density at radius 2 is 2.27 bits per heavy atom. The maximum Gasteiger partial charge on any atom is 0.242 e. The highest BCUT2D eigenvalue weighted by Gasteiger charge is 2.38. The van der Waals surface area contributed by atoms with Crippen LogP contribution in [0.4, 0.5) is 0 Å². The highest BCUT2D eigenvalue weighted by molar-refractivity contribution is 8.00. The van der Waals surface area contributed by atoms with E-state index in [1.807, 2.05) is 24.3 Å². The Bertz CT molecular complexity index is 605. The summed E-state index contributed by atoms with van der Waals surface area (Å²) in [5, 5.41) is 12.5. The van der Waals surface area contributed by atoms with Gasteiger partial charge in [0.15, 0.2) is 0 Å². The SMILES string of the molecule is COc1ccccc1C1N[C@H](C(=O)N2CSC[C@H]2C#N)CS1. The van der Waals surface area contributed by atoms with Crippen molar-refractivity contribution in [1.29, 1.82) is 5.26 Å². The topological polar surface area (TPSA) is 65.4 Å². The van der Waals surface area contributed by atoms with E-state index in [2.05, 4.69) is 11.4 Å². The minimum absolute atomic E-state index is 0.0291. The van der Waals surface area contributed by atoms with Crippen molar-refractivity contribution < 1.29 is 9.53 Å². The molecule has 3 rings (SSSR count). The number of para-hydroxylation sites is 1. The fourth-order valence-electron chi connectivity index (χ4n) is 2.64. The smallest absolute Gasteiger partial charge is 0.242 e. The lowest BCUT2D eigenvalue weighted by atomic mass is 10.1. The van der Waals surface area contributed by atoms with E-state index < -0.39 is 0 Å². The average Bonchev–Trinajstić information content (AvgIpc) is 3.23. The second-order valence-corrected chi connectivity index (χ2v) is 7.27. The van der Waals surface area contributed by atoms with Gasteiger partial charge in [-0.25, -0.2) is 0 Å². The predicted molar refractivity (Wildman–Crippen MR) is 88.7 cm³/mol. The maximum atomic E-state index is 12.6. The number of nitrogens with one attached hydrogen (secondary N) is 1. The van der Waals surface area contributed by atoms with Crippen molar-refractivity contribution in [3.05, 3.63) is 29.8 Å². The molecule has 0 spiro atoms. The van der Waals surface area contributed by atoms with Gasteiger partial charge in [0.25, 0.3) is 0 Å². The predicted octanol–water partition coefficient (Wildman–Crippen LogP) is 1.82. The Morgan fingerprint density at radius 3 is 3.05 bits per heavy atom. The van der Waals surface area contributed by atoms with Crippen LogP contribution in [0.5, 0.6) is 5.75 Å². The number of benzene rings is 1. The number of carbonyl (C=O) groups excluding carboxylic acids is 1. The zero-order valence-corrected chi connectivity index (χ0v) is 13.8. The van der Waals surface area contributed by atoms with Crippen LogP contribution < -0.4 is 10.1 Å². The average molecular weight is 335 g/mol. The molecule has 2 fully saturated rings. The van der Waals surface area contributed by atoms with Gasteiger partial charge in [0.05, 0.1) is 30.5 Å². The van der Waals surface area contributed by atoms with Gasteiger partial charge in [-0.2, -0.15) is 5.26 Å². The van der Waals surface area contributed by atoms with Crippen LogP contribution in [0.25, 0.3) is 0 Å². The Morgan fingerprint density at radius 1 is 1.45 bits per heavy atom. The van der Waals surface area contributed by atoms with Crippen LogP contribution in [-0.4, -0.2) is 47.4 Å². The third-order valence-corrected chi connectivity index (χ3v) is 6.08. The van der Waals surface area contributed by atoms with Gasteiger partial charge in [0, 0.05) is 17.1 Å². The number of nitrogens with zero attached hydrogens (tertiary/aromatic N) is 2. The maximum absolute atomic E-state index is 12.6. The Balaban J connectivity index is 1.70. The van der Waals surface area contributed by atoms with Crippen LogP contribution in [0.2, 0.25) is 0 Å². The first-order chi connectivity index (χ1) is 10.7. The Labute approximate surface area is 138 Å². The minimum Gasteiger partial charge on any atom is -0.496 e. The molecule has 2 heterocycles. The van der Waals surface area contributed by atoms with Crippen LogP contribution in [0.15, 0.2) is 24.3 Å². The fourth-order valence-corrected chi connectivity index (χ4v) is 4.99. The summed E-state index contributed by atoms with van der Waals surface area (Å²) in [4.78, 5) is 14.3. The molecular formula is C15H17N3O2S2. The summed E-state index contributed by atoms with van der Waals surface area (Å²) in [6.07, 6.45) is 0. The van der Waals surface area contributed by atoms with E-state index in [9.17, 15) is 4.79 Å². The normalized spacial score (nSPS) is 27.6. The molecule has 0 aromatic heterocycles. The first-order valence-electron chi connectivity index (χ1n) is 7.03. The number of methoxy groups -OCH3 is 1. The third kappa shape index (κ3) is 2.91. The van der Waals surface area contributed by atoms with Gasteiger partial charge < -0.3 is 9.64 Å². The molecule has 1 aromatic rings. The van der Waals surface area contributed by atoms with E-state index in [0.717, 1.165) is 11.3 Å². The molecule has 1 amide bonds. The molecule has 0 bridgehead atoms. The molecule has 2 aliphatic heterocycles. The lowest BCUT2D eigenvalue weighted by Crippen LogP contribution is -2.47. The first-order valence-corrected chi connectivity index (χ1v) is 9.23. The van der Waals surface area contributed by atoms with Gasteiger partial charge in [0.1, 0.15) is 11.8 Å². The summed E-state index contributed by atoms with van der Waals surface area (Å²) in [6.45, 7) is 0. The molecule has 1 N–H and O–H groups in total. The highest BCUT2D eigenvalue weighted by Crippen LogP contribution is 2.38. The van der Waals surface area contributed by atoms with Crippen LogP contribution in [0.1, 0.15) is 10.9 Å². The molecule has 116 valence electrons. The summed E-state index contributed by atoms with van der Waals surface area (Å²) >= 11 is 3.33. The van der Waals surface area contributed by atoms with E-state index in [1.54, 1.807) is 35.5 Å². The van der Waals surface area contributed by atoms with E-state index in [1.165, 1.54) is 0 Å². The molecule has 1 aromatic carbocycles. The van der Waals surface area contributed by atoms with E-state index in [0.29, 0.717) is 17.4 Å². The molecule has 0 saturated carbocycles. The third-order valence-electron chi connectivity index (χ3n) is 3.82. The lowest BCUT2D eigenvalue weighted by molar-refractivity contribution is -0.132. The van der Waals surface area contributed by atoms with Crippen LogP contribution >= 0.6 is 23.5 Å². The van der Waals surface area contributed by atoms with Gasteiger partial charge in [0.2, 0.25) is 5.91 Å². The summed E-state index contributed by atoms with van der Waals surface area (Å²) < 4.78 is 5.39. The van der Waals surface area contributed by atoms with E-state index in [-0.39, 0.29) is 23.4 Å². The summed E-state index contributed by atoms with van der Waals surface area (Å²) in [5.74, 6) is 2.88. The van der Waals surface area contributed by atoms with Crippen LogP contribution in [0, 0.1) is 11.3 Å². The molecule has 5 nitrogen and oxygen atoms in total. The van der Waals surface area contributed by atoms with Crippen molar-refractivity contribution in [2.75, 3.05) is 24.5 Å². The monoisotopic (exact) mass is 335 g/mol. The molecule has 0 radical (unpaired) electrons. The van der Waals surface area contributed by atoms with Gasteiger partial charge in [-0.05, 0) is 6.07 Å². The van der Waals surface area contributed by atoms with Crippen LogP contribution in [-0.2, 0) is 4.79 Å². The van der Waals surface area contributed by atoms with Gasteiger partial charge in [-0.1, -0.05) is 18.2 Å². The number of rotatable bonds is 3. The lowest BCUT2D eigenvalue weighted by Gasteiger charge is -2.23. The van der Waals surface area contributed by atoms with Crippen molar-refractivity contribution in [3.8, 4) is 11.8 Å². The zero-order valence-electron chi connectivity index (χ0n) is 12.2. The molecule has 0 aliphatic carbocycles. The number of ether oxygens (including phenoxy) is 1. The molecule has 1 unspecified atom stereocenters. The second kappa shape index (κ2) is 6.82. The second-order valence-electron chi connectivity index (χ2n) is 5.13. The number of carbonyl (C=O) groups is 1. The van der Waals surface area contributed by atoms with Gasteiger partial charge in [-0.15, -0.1) is 23.5 Å². The summed E-state index contributed by atoms with van der Waals surface area (Å²) in [7, 11) is 1.65. The molecule has 3 atom stereocenters. The largest absolute Gasteiger partial charge is 0.496 e. The standard InChI is InChI=1S/C15H17N3O2S2/c1-20-13-5-3-2-4-11(13)14-17-12(8-22-14)15(19)18-9-21-7-10(18)6-16/h2-5,10,12,14,17H,7-9H2,1H3/t10-,12+,14?/m1/s1. The molecule has 7 heteroatoms. The zero-order chi connectivity index (χ0) is 15.5. The highest BCUT2D eigenvalue weighted by atomic mass is 32.2. The quantitative estimate of drug-likeness (QED) is 0.909. The van der Waals surface area contributed by atoms with Crippen molar-refractivity contribution in [1.82, 2.24) is 10.2 Å².